The van der Waals surface area contributed by atoms with Crippen molar-refractivity contribution >= 4 is 0 Å². The first-order valence-electron chi connectivity index (χ1n) is 6.54. The fourth-order valence-corrected chi connectivity index (χ4v) is 2.76. The Balaban J connectivity index is 2.12. The maximum absolute atomic E-state index is 13.2. The molecule has 0 saturated heterocycles. The van der Waals surface area contributed by atoms with Gasteiger partial charge in [-0.3, -0.25) is 0 Å². The number of methoxy groups -OCH3 is 1. The molecule has 1 saturated carbocycles. The van der Waals surface area contributed by atoms with Gasteiger partial charge in [0.1, 0.15) is 0 Å². The summed E-state index contributed by atoms with van der Waals surface area (Å²) in [5.74, 6) is -0.830. The molecule has 3 heteroatoms. The number of ether oxygens (including phenoxy) is 1. The minimum Gasteiger partial charge on any atom is -0.378 e. The normalized spacial score (nSPS) is 28.3. The largest absolute Gasteiger partial charge is 0.378 e. The zero-order valence-corrected chi connectivity index (χ0v) is 11.0. The molecular formula is C15H20F2O. The third-order valence-electron chi connectivity index (χ3n) is 4.13. The van der Waals surface area contributed by atoms with Crippen molar-refractivity contribution in [2.24, 2.45) is 5.92 Å². The van der Waals surface area contributed by atoms with E-state index in [2.05, 4.69) is 6.92 Å². The van der Waals surface area contributed by atoms with Crippen LogP contribution >= 0.6 is 0 Å². The Morgan fingerprint density at radius 2 is 1.89 bits per heavy atom. The van der Waals surface area contributed by atoms with Crippen LogP contribution in [-0.2, 0) is 11.2 Å². The van der Waals surface area contributed by atoms with Crippen molar-refractivity contribution < 1.29 is 13.5 Å². The van der Waals surface area contributed by atoms with Crippen LogP contribution < -0.4 is 0 Å². The van der Waals surface area contributed by atoms with E-state index in [1.165, 1.54) is 12.1 Å². The first-order valence-corrected chi connectivity index (χ1v) is 6.54. The maximum Gasteiger partial charge on any atom is 0.159 e. The van der Waals surface area contributed by atoms with Gasteiger partial charge in [0.05, 0.1) is 5.60 Å². The lowest BCUT2D eigenvalue weighted by Crippen LogP contribution is -2.38. The molecule has 0 aromatic heterocycles. The highest BCUT2D eigenvalue weighted by Gasteiger charge is 2.34. The van der Waals surface area contributed by atoms with Crippen LogP contribution in [0.2, 0.25) is 0 Å². The van der Waals surface area contributed by atoms with Crippen LogP contribution in [0.4, 0.5) is 8.78 Å². The van der Waals surface area contributed by atoms with Crippen LogP contribution in [0.5, 0.6) is 0 Å². The SMILES string of the molecule is COC1(Cc2ccc(F)c(F)c2)CCC(C)CC1. The highest BCUT2D eigenvalue weighted by atomic mass is 19.2. The fourth-order valence-electron chi connectivity index (χ4n) is 2.76. The van der Waals surface area contributed by atoms with Crippen molar-refractivity contribution in [1.29, 1.82) is 0 Å². The van der Waals surface area contributed by atoms with Crippen LogP contribution in [0.1, 0.15) is 38.2 Å². The summed E-state index contributed by atoms with van der Waals surface area (Å²) < 4.78 is 31.8. The zero-order valence-electron chi connectivity index (χ0n) is 11.0. The predicted molar refractivity (Wildman–Crippen MR) is 67.4 cm³/mol. The molecule has 1 aromatic carbocycles. The van der Waals surface area contributed by atoms with Crippen molar-refractivity contribution in [3.8, 4) is 0 Å². The monoisotopic (exact) mass is 254 g/mol. The van der Waals surface area contributed by atoms with Gasteiger partial charge in [-0.2, -0.15) is 0 Å². The predicted octanol–water partition coefficient (Wildman–Crippen LogP) is 4.10. The van der Waals surface area contributed by atoms with Crippen LogP contribution in [-0.4, -0.2) is 12.7 Å². The average molecular weight is 254 g/mol. The number of halogens is 2. The number of rotatable bonds is 3. The van der Waals surface area contributed by atoms with Crippen LogP contribution in [0, 0.1) is 17.6 Å². The third kappa shape index (κ3) is 2.89. The standard InChI is InChI=1S/C15H20F2O/c1-11-5-7-15(18-2,8-6-11)10-12-3-4-13(16)14(17)9-12/h3-4,9,11H,5-8,10H2,1-2H3. The molecule has 100 valence electrons. The van der Waals surface area contributed by atoms with Gasteiger partial charge in [-0.15, -0.1) is 0 Å². The summed E-state index contributed by atoms with van der Waals surface area (Å²) in [5.41, 5.74) is 0.613. The minimum atomic E-state index is -0.789. The molecule has 1 nitrogen and oxygen atoms in total. The van der Waals surface area contributed by atoms with Gasteiger partial charge >= 0.3 is 0 Å². The summed E-state index contributed by atoms with van der Waals surface area (Å²) in [6, 6.07) is 4.13. The fraction of sp³-hybridized carbons (Fsp3) is 0.600. The Labute approximate surface area is 107 Å². The Kier molecular flexibility index (Phi) is 4.00. The zero-order chi connectivity index (χ0) is 13.2. The topological polar surface area (TPSA) is 9.23 Å². The van der Waals surface area contributed by atoms with Gasteiger partial charge in [-0.1, -0.05) is 13.0 Å². The molecule has 0 amide bonds. The first-order chi connectivity index (χ1) is 8.54. The number of hydrogen-bond acceptors (Lipinski definition) is 1. The molecule has 0 N–H and O–H groups in total. The van der Waals surface area contributed by atoms with E-state index in [0.29, 0.717) is 6.42 Å². The van der Waals surface area contributed by atoms with Gasteiger partial charge in [0.15, 0.2) is 11.6 Å². The van der Waals surface area contributed by atoms with E-state index in [4.69, 9.17) is 4.74 Å². The van der Waals surface area contributed by atoms with Gasteiger partial charge in [0, 0.05) is 13.5 Å². The minimum absolute atomic E-state index is 0.198. The summed E-state index contributed by atoms with van der Waals surface area (Å²) >= 11 is 0. The van der Waals surface area contributed by atoms with Crippen molar-refractivity contribution in [3.63, 3.8) is 0 Å². The van der Waals surface area contributed by atoms with E-state index >= 15 is 0 Å². The average Bonchev–Trinajstić information content (AvgIpc) is 2.37. The van der Waals surface area contributed by atoms with Gasteiger partial charge < -0.3 is 4.74 Å². The van der Waals surface area contributed by atoms with Crippen molar-refractivity contribution in [2.45, 2.75) is 44.6 Å². The summed E-state index contributed by atoms with van der Waals surface area (Å²) in [4.78, 5) is 0. The van der Waals surface area contributed by atoms with Crippen molar-refractivity contribution in [1.82, 2.24) is 0 Å². The van der Waals surface area contributed by atoms with Gasteiger partial charge in [-0.25, -0.2) is 8.78 Å². The molecule has 1 aromatic rings. The smallest absolute Gasteiger partial charge is 0.159 e. The molecule has 1 aliphatic rings. The number of benzene rings is 1. The summed E-state index contributed by atoms with van der Waals surface area (Å²) in [7, 11) is 1.72. The molecule has 0 heterocycles. The molecule has 0 spiro atoms. The van der Waals surface area contributed by atoms with E-state index in [1.807, 2.05) is 0 Å². The van der Waals surface area contributed by atoms with Gasteiger partial charge in [0.2, 0.25) is 0 Å². The summed E-state index contributed by atoms with van der Waals surface area (Å²) in [6.07, 6.45) is 4.91. The molecule has 1 fully saturated rings. The second-order valence-electron chi connectivity index (χ2n) is 5.49. The van der Waals surface area contributed by atoms with Crippen molar-refractivity contribution in [2.75, 3.05) is 7.11 Å². The quantitative estimate of drug-likeness (QED) is 0.789. The van der Waals surface area contributed by atoms with E-state index in [1.54, 1.807) is 13.2 Å². The molecule has 0 unspecified atom stereocenters. The van der Waals surface area contributed by atoms with Crippen LogP contribution in [0.3, 0.4) is 0 Å². The molecule has 18 heavy (non-hydrogen) atoms. The second-order valence-corrected chi connectivity index (χ2v) is 5.49. The lowest BCUT2D eigenvalue weighted by molar-refractivity contribution is -0.0470. The molecule has 0 radical (unpaired) electrons. The van der Waals surface area contributed by atoms with Crippen LogP contribution in [0.15, 0.2) is 18.2 Å². The van der Waals surface area contributed by atoms with E-state index < -0.39 is 11.6 Å². The van der Waals surface area contributed by atoms with E-state index in [-0.39, 0.29) is 5.60 Å². The van der Waals surface area contributed by atoms with Crippen molar-refractivity contribution in [3.05, 3.63) is 35.4 Å². The highest BCUT2D eigenvalue weighted by Crippen LogP contribution is 2.36. The molecule has 0 bridgehead atoms. The maximum atomic E-state index is 13.2. The third-order valence-corrected chi connectivity index (χ3v) is 4.13. The highest BCUT2D eigenvalue weighted by molar-refractivity contribution is 5.20. The number of hydrogen-bond donors (Lipinski definition) is 0. The molecular weight excluding hydrogens is 234 g/mol. The molecule has 1 aliphatic carbocycles. The Hall–Kier alpha value is -0.960. The lowest BCUT2D eigenvalue weighted by Gasteiger charge is -2.38. The first kappa shape index (κ1) is 13.5. The molecule has 2 rings (SSSR count). The van der Waals surface area contributed by atoms with E-state index in [0.717, 1.165) is 37.2 Å². The second kappa shape index (κ2) is 5.35. The lowest BCUT2D eigenvalue weighted by atomic mass is 9.76. The summed E-state index contributed by atoms with van der Waals surface area (Å²) in [6.45, 7) is 2.25. The van der Waals surface area contributed by atoms with Crippen LogP contribution in [0.25, 0.3) is 0 Å². The summed E-state index contributed by atoms with van der Waals surface area (Å²) in [5, 5.41) is 0. The van der Waals surface area contributed by atoms with Gasteiger partial charge in [-0.05, 0) is 49.3 Å². The molecule has 0 aliphatic heterocycles. The van der Waals surface area contributed by atoms with E-state index in [9.17, 15) is 8.78 Å². The van der Waals surface area contributed by atoms with Gasteiger partial charge in [0.25, 0.3) is 0 Å². The Bertz CT molecular complexity index is 409. The Morgan fingerprint density at radius 3 is 2.44 bits per heavy atom. The Morgan fingerprint density at radius 1 is 1.22 bits per heavy atom. The molecule has 0 atom stereocenters.